The number of piperidine rings is 1. The second-order valence-corrected chi connectivity index (χ2v) is 7.83. The molecule has 0 spiro atoms. The number of para-hydroxylation sites is 1. The molecule has 3 rings (SSSR count). The molecule has 1 amide bonds. The third kappa shape index (κ3) is 6.38. The van der Waals surface area contributed by atoms with Gasteiger partial charge in [-0.15, -0.1) is 0 Å². The second kappa shape index (κ2) is 10.5. The van der Waals surface area contributed by atoms with E-state index >= 15 is 0 Å². The van der Waals surface area contributed by atoms with E-state index in [1.54, 1.807) is 12.1 Å². The van der Waals surface area contributed by atoms with Crippen LogP contribution in [0.1, 0.15) is 31.7 Å². The molecule has 5 nitrogen and oxygen atoms in total. The average molecular weight is 417 g/mol. The van der Waals surface area contributed by atoms with E-state index in [-0.39, 0.29) is 12.0 Å². The van der Waals surface area contributed by atoms with E-state index in [4.69, 9.17) is 21.1 Å². The van der Waals surface area contributed by atoms with Crippen molar-refractivity contribution >= 4 is 17.5 Å². The standard InChI is InChI=1S/C23H29ClN2O3/c1-3-21(29-22-7-5-4-6-20(22)24)23(27)25-16-17-8-10-18(11-9-17)28-19-12-14-26(2)15-13-19/h4-11,19,21H,3,12-16H2,1-2H3,(H,25,27)/t21-/m1/s1. The molecule has 0 unspecified atom stereocenters. The monoisotopic (exact) mass is 416 g/mol. The molecule has 2 aromatic rings. The Morgan fingerprint density at radius 1 is 1.17 bits per heavy atom. The van der Waals surface area contributed by atoms with Crippen LogP contribution in [-0.2, 0) is 11.3 Å². The summed E-state index contributed by atoms with van der Waals surface area (Å²) in [6, 6.07) is 15.1. The first-order chi connectivity index (χ1) is 14.0. The molecule has 1 fully saturated rings. The van der Waals surface area contributed by atoms with E-state index < -0.39 is 6.10 Å². The van der Waals surface area contributed by atoms with Crippen LogP contribution in [-0.4, -0.2) is 43.2 Å². The quantitative estimate of drug-likeness (QED) is 0.697. The van der Waals surface area contributed by atoms with Gasteiger partial charge in [0.2, 0.25) is 0 Å². The summed E-state index contributed by atoms with van der Waals surface area (Å²) >= 11 is 6.12. The maximum Gasteiger partial charge on any atom is 0.261 e. The van der Waals surface area contributed by atoms with Gasteiger partial charge in [0.25, 0.3) is 5.91 Å². The smallest absolute Gasteiger partial charge is 0.261 e. The molecule has 0 saturated carbocycles. The van der Waals surface area contributed by atoms with Crippen LogP contribution >= 0.6 is 11.6 Å². The summed E-state index contributed by atoms with van der Waals surface area (Å²) in [5, 5.41) is 3.44. The van der Waals surface area contributed by atoms with Gasteiger partial charge in [-0.3, -0.25) is 4.79 Å². The molecule has 0 aliphatic carbocycles. The molecule has 6 heteroatoms. The van der Waals surface area contributed by atoms with Crippen LogP contribution in [0, 0.1) is 0 Å². The van der Waals surface area contributed by atoms with Gasteiger partial charge in [-0.1, -0.05) is 42.8 Å². The third-order valence-corrected chi connectivity index (χ3v) is 5.44. The van der Waals surface area contributed by atoms with E-state index in [0.717, 1.165) is 37.2 Å². The van der Waals surface area contributed by atoms with Crippen LogP contribution in [0.15, 0.2) is 48.5 Å². The van der Waals surface area contributed by atoms with Gasteiger partial charge < -0.3 is 19.7 Å². The zero-order valence-corrected chi connectivity index (χ0v) is 17.8. The van der Waals surface area contributed by atoms with E-state index in [1.165, 1.54) is 0 Å². The van der Waals surface area contributed by atoms with Crippen LogP contribution in [0.3, 0.4) is 0 Å². The number of benzene rings is 2. The van der Waals surface area contributed by atoms with Crippen LogP contribution < -0.4 is 14.8 Å². The summed E-state index contributed by atoms with van der Waals surface area (Å²) in [6.07, 6.45) is 2.36. The van der Waals surface area contributed by atoms with Gasteiger partial charge in [0.15, 0.2) is 6.10 Å². The lowest BCUT2D eigenvalue weighted by molar-refractivity contribution is -0.128. The Bertz CT molecular complexity index is 789. The molecule has 0 aromatic heterocycles. The highest BCUT2D eigenvalue weighted by Crippen LogP contribution is 2.25. The lowest BCUT2D eigenvalue weighted by Gasteiger charge is -2.29. The molecule has 1 aliphatic rings. The fourth-order valence-corrected chi connectivity index (χ4v) is 3.48. The number of nitrogens with one attached hydrogen (secondary N) is 1. The van der Waals surface area contributed by atoms with Gasteiger partial charge in [-0.25, -0.2) is 0 Å². The highest BCUT2D eigenvalue weighted by molar-refractivity contribution is 6.32. The molecule has 1 atom stereocenters. The van der Waals surface area contributed by atoms with Crippen molar-refractivity contribution in [1.29, 1.82) is 0 Å². The number of hydrogen-bond acceptors (Lipinski definition) is 4. The predicted molar refractivity (Wildman–Crippen MR) is 116 cm³/mol. The maximum absolute atomic E-state index is 12.5. The molecule has 1 saturated heterocycles. The SMILES string of the molecule is CC[C@@H](Oc1ccccc1Cl)C(=O)NCc1ccc(OC2CCN(C)CC2)cc1. The summed E-state index contributed by atoms with van der Waals surface area (Å²) < 4.78 is 11.9. The highest BCUT2D eigenvalue weighted by Gasteiger charge is 2.20. The number of likely N-dealkylation sites (tertiary alicyclic amines) is 1. The highest BCUT2D eigenvalue weighted by atomic mass is 35.5. The Hall–Kier alpha value is -2.24. The van der Waals surface area contributed by atoms with Crippen molar-refractivity contribution in [3.63, 3.8) is 0 Å². The van der Waals surface area contributed by atoms with Gasteiger partial charge in [-0.2, -0.15) is 0 Å². The summed E-state index contributed by atoms with van der Waals surface area (Å²) in [7, 11) is 2.14. The number of nitrogens with zero attached hydrogens (tertiary/aromatic N) is 1. The number of amides is 1. The first-order valence-electron chi connectivity index (χ1n) is 10.2. The molecule has 2 aromatic carbocycles. The number of halogens is 1. The summed E-state index contributed by atoms with van der Waals surface area (Å²) in [5.74, 6) is 1.24. The van der Waals surface area contributed by atoms with Gasteiger partial charge in [0.05, 0.1) is 5.02 Å². The van der Waals surface area contributed by atoms with Crippen LogP contribution in [0.25, 0.3) is 0 Å². The van der Waals surface area contributed by atoms with Crippen molar-refractivity contribution in [2.75, 3.05) is 20.1 Å². The lowest BCUT2D eigenvalue weighted by Crippen LogP contribution is -2.37. The number of carbonyl (C=O) groups excluding carboxylic acids is 1. The molecular formula is C23H29ClN2O3. The Morgan fingerprint density at radius 3 is 2.52 bits per heavy atom. The lowest BCUT2D eigenvalue weighted by atomic mass is 10.1. The minimum atomic E-state index is -0.582. The first-order valence-corrected chi connectivity index (χ1v) is 10.6. The molecule has 1 N–H and O–H groups in total. The normalized spacial score (nSPS) is 16.2. The minimum absolute atomic E-state index is 0.154. The van der Waals surface area contributed by atoms with Crippen LogP contribution in [0.2, 0.25) is 5.02 Å². The van der Waals surface area contributed by atoms with Crippen LogP contribution in [0.5, 0.6) is 11.5 Å². The summed E-state index contributed by atoms with van der Waals surface area (Å²) in [5.41, 5.74) is 1.02. The van der Waals surface area contributed by atoms with E-state index in [1.807, 2.05) is 43.3 Å². The molecule has 0 radical (unpaired) electrons. The number of carbonyl (C=O) groups is 1. The minimum Gasteiger partial charge on any atom is -0.490 e. The Kier molecular flexibility index (Phi) is 7.78. The van der Waals surface area contributed by atoms with E-state index in [2.05, 4.69) is 17.3 Å². The molecule has 1 heterocycles. The zero-order chi connectivity index (χ0) is 20.6. The molecule has 0 bridgehead atoms. The molecule has 29 heavy (non-hydrogen) atoms. The van der Waals surface area contributed by atoms with Gasteiger partial charge >= 0.3 is 0 Å². The van der Waals surface area contributed by atoms with Gasteiger partial charge in [0.1, 0.15) is 17.6 Å². The maximum atomic E-state index is 12.5. The Balaban J connectivity index is 1.48. The van der Waals surface area contributed by atoms with Crippen molar-refractivity contribution in [2.24, 2.45) is 0 Å². The number of rotatable bonds is 8. The van der Waals surface area contributed by atoms with Crippen molar-refractivity contribution in [3.8, 4) is 11.5 Å². The molecule has 156 valence electrons. The molecule has 1 aliphatic heterocycles. The number of hydrogen-bond donors (Lipinski definition) is 1. The molecular weight excluding hydrogens is 388 g/mol. The fraction of sp³-hybridized carbons (Fsp3) is 0.435. The topological polar surface area (TPSA) is 50.8 Å². The average Bonchev–Trinajstić information content (AvgIpc) is 2.74. The van der Waals surface area contributed by atoms with Crippen molar-refractivity contribution < 1.29 is 14.3 Å². The van der Waals surface area contributed by atoms with Gasteiger partial charge in [-0.05, 0) is 56.1 Å². The van der Waals surface area contributed by atoms with Crippen molar-refractivity contribution in [2.45, 2.75) is 44.9 Å². The van der Waals surface area contributed by atoms with E-state index in [0.29, 0.717) is 23.7 Å². The number of ether oxygens (including phenoxy) is 2. The summed E-state index contributed by atoms with van der Waals surface area (Å²) in [6.45, 7) is 4.50. The predicted octanol–water partition coefficient (Wildman–Crippen LogP) is 4.29. The van der Waals surface area contributed by atoms with Crippen molar-refractivity contribution in [1.82, 2.24) is 10.2 Å². The largest absolute Gasteiger partial charge is 0.490 e. The Labute approximate surface area is 177 Å². The van der Waals surface area contributed by atoms with Crippen LogP contribution in [0.4, 0.5) is 0 Å². The zero-order valence-electron chi connectivity index (χ0n) is 17.1. The van der Waals surface area contributed by atoms with Crippen molar-refractivity contribution in [3.05, 3.63) is 59.1 Å². The van der Waals surface area contributed by atoms with Gasteiger partial charge in [0, 0.05) is 19.6 Å². The second-order valence-electron chi connectivity index (χ2n) is 7.43. The van der Waals surface area contributed by atoms with E-state index in [9.17, 15) is 4.79 Å². The fourth-order valence-electron chi connectivity index (χ4n) is 3.30. The third-order valence-electron chi connectivity index (χ3n) is 5.13. The Morgan fingerprint density at radius 2 is 1.86 bits per heavy atom. The summed E-state index contributed by atoms with van der Waals surface area (Å²) in [4.78, 5) is 14.8. The first kappa shape index (κ1) is 21.5.